The summed E-state index contributed by atoms with van der Waals surface area (Å²) in [5.74, 6) is -1.31. The Hall–Kier alpha value is -3.35. The number of aliphatic carboxylic acids is 1. The van der Waals surface area contributed by atoms with E-state index >= 15 is 0 Å². The van der Waals surface area contributed by atoms with Gasteiger partial charge in [-0.05, 0) is 41.5 Å². The molecule has 0 heterocycles. The number of carboxylic acids is 1. The molecule has 3 rings (SSSR count). The smallest absolute Gasteiger partial charge is 0.407 e. The molecule has 0 aliphatic heterocycles. The van der Waals surface area contributed by atoms with Gasteiger partial charge in [-0.15, -0.1) is 0 Å². The molecule has 31 heavy (non-hydrogen) atoms. The minimum atomic E-state index is -1.03. The van der Waals surface area contributed by atoms with Crippen LogP contribution in [0, 0.1) is 0 Å². The summed E-state index contributed by atoms with van der Waals surface area (Å²) < 4.78 is 5.47. The van der Waals surface area contributed by atoms with Gasteiger partial charge in [0.1, 0.15) is 12.6 Å². The molecule has 2 aromatic carbocycles. The van der Waals surface area contributed by atoms with Crippen LogP contribution in [0.1, 0.15) is 49.7 Å². The molecular weight excluding hydrogens is 396 g/mol. The van der Waals surface area contributed by atoms with Crippen LogP contribution in [0.15, 0.2) is 48.5 Å². The maximum Gasteiger partial charge on any atom is 0.407 e. The third kappa shape index (κ3) is 5.63. The van der Waals surface area contributed by atoms with Crippen LogP contribution in [0.25, 0.3) is 11.1 Å². The lowest BCUT2D eigenvalue weighted by molar-refractivity contribution is -0.141. The second-order valence-electron chi connectivity index (χ2n) is 7.58. The normalized spacial score (nSPS) is 13.1. The zero-order valence-corrected chi connectivity index (χ0v) is 17.6. The highest BCUT2D eigenvalue weighted by Crippen LogP contribution is 2.44. The number of nitrogens with one attached hydrogen (secondary N) is 2. The number of hydrogen-bond donors (Lipinski definition) is 3. The second-order valence-corrected chi connectivity index (χ2v) is 7.58. The third-order valence-corrected chi connectivity index (χ3v) is 5.49. The molecule has 2 aromatic rings. The summed E-state index contributed by atoms with van der Waals surface area (Å²) in [5, 5.41) is 14.1. The first kappa shape index (κ1) is 22.3. The van der Waals surface area contributed by atoms with Crippen molar-refractivity contribution in [3.05, 3.63) is 59.7 Å². The number of rotatable bonds is 10. The number of carbonyl (C=O) groups is 3. The van der Waals surface area contributed by atoms with Gasteiger partial charge in [0.05, 0.1) is 0 Å². The fourth-order valence-electron chi connectivity index (χ4n) is 3.86. The maximum absolute atomic E-state index is 12.1. The van der Waals surface area contributed by atoms with Gasteiger partial charge in [-0.25, -0.2) is 9.59 Å². The molecule has 0 aromatic heterocycles. The van der Waals surface area contributed by atoms with E-state index in [-0.39, 0.29) is 24.9 Å². The number of alkyl carbamates (subject to hydrolysis) is 1. The maximum atomic E-state index is 12.1. The molecule has 3 N–H and O–H groups in total. The van der Waals surface area contributed by atoms with Crippen molar-refractivity contribution >= 4 is 18.0 Å². The number of ether oxygens (including phenoxy) is 1. The van der Waals surface area contributed by atoms with Crippen LogP contribution >= 0.6 is 0 Å². The van der Waals surface area contributed by atoms with Crippen LogP contribution in [0.4, 0.5) is 4.79 Å². The lowest BCUT2D eigenvalue weighted by Gasteiger charge is -2.14. The molecule has 0 saturated heterocycles. The van der Waals surface area contributed by atoms with Gasteiger partial charge >= 0.3 is 12.1 Å². The van der Waals surface area contributed by atoms with E-state index < -0.39 is 18.1 Å². The highest BCUT2D eigenvalue weighted by Gasteiger charge is 2.28. The Kier molecular flexibility index (Phi) is 7.65. The Labute approximate surface area is 181 Å². The van der Waals surface area contributed by atoms with Crippen LogP contribution in [0.3, 0.4) is 0 Å². The molecule has 1 aliphatic rings. The summed E-state index contributed by atoms with van der Waals surface area (Å²) in [7, 11) is 0. The lowest BCUT2D eigenvalue weighted by atomic mass is 9.98. The standard InChI is InChI=1S/C24H28N2O5/c1-2-21(23(28)29)26-22(27)13-7-8-14-25-24(30)31-15-20-18-11-5-3-9-16(18)17-10-4-6-12-19(17)20/h3-6,9-12,20-21H,2,7-8,13-15H2,1H3,(H,25,30)(H,26,27)(H,28,29)/t21-/m0/s1. The molecule has 1 aliphatic carbocycles. The molecule has 2 amide bonds. The summed E-state index contributed by atoms with van der Waals surface area (Å²) >= 11 is 0. The summed E-state index contributed by atoms with van der Waals surface area (Å²) in [5.41, 5.74) is 4.68. The number of fused-ring (bicyclic) bond motifs is 3. The molecule has 0 spiro atoms. The van der Waals surface area contributed by atoms with Crippen molar-refractivity contribution in [1.29, 1.82) is 0 Å². The quantitative estimate of drug-likeness (QED) is 0.505. The molecule has 0 bridgehead atoms. The van der Waals surface area contributed by atoms with Crippen molar-refractivity contribution in [1.82, 2.24) is 10.6 Å². The van der Waals surface area contributed by atoms with E-state index in [0.29, 0.717) is 25.8 Å². The van der Waals surface area contributed by atoms with E-state index in [2.05, 4.69) is 34.9 Å². The fraction of sp³-hybridized carbons (Fsp3) is 0.375. The van der Waals surface area contributed by atoms with Gasteiger partial charge in [0.25, 0.3) is 0 Å². The van der Waals surface area contributed by atoms with Gasteiger partial charge in [-0.3, -0.25) is 4.79 Å². The fourth-order valence-corrected chi connectivity index (χ4v) is 3.86. The number of carboxylic acid groups (broad SMARTS) is 1. The molecule has 0 unspecified atom stereocenters. The average Bonchev–Trinajstić information content (AvgIpc) is 3.09. The van der Waals surface area contributed by atoms with Gasteiger partial charge in [0, 0.05) is 18.9 Å². The molecule has 0 radical (unpaired) electrons. The number of hydrogen-bond acceptors (Lipinski definition) is 4. The van der Waals surface area contributed by atoms with Crippen molar-refractivity contribution in [2.75, 3.05) is 13.2 Å². The molecule has 1 atom stereocenters. The van der Waals surface area contributed by atoms with Gasteiger partial charge in [-0.2, -0.15) is 0 Å². The Bertz CT molecular complexity index is 898. The molecule has 164 valence electrons. The van der Waals surface area contributed by atoms with E-state index in [9.17, 15) is 14.4 Å². The van der Waals surface area contributed by atoms with E-state index in [1.54, 1.807) is 6.92 Å². The summed E-state index contributed by atoms with van der Waals surface area (Å²) in [6.07, 6.45) is 1.22. The van der Waals surface area contributed by atoms with Crippen molar-refractivity contribution in [2.45, 2.75) is 44.6 Å². The van der Waals surface area contributed by atoms with Gasteiger partial charge < -0.3 is 20.5 Å². The lowest BCUT2D eigenvalue weighted by Crippen LogP contribution is -2.40. The van der Waals surface area contributed by atoms with E-state index in [4.69, 9.17) is 9.84 Å². The van der Waals surface area contributed by atoms with E-state index in [0.717, 1.165) is 11.1 Å². The third-order valence-electron chi connectivity index (χ3n) is 5.49. The predicted molar refractivity (Wildman–Crippen MR) is 117 cm³/mol. The molecule has 0 fully saturated rings. The largest absolute Gasteiger partial charge is 0.480 e. The van der Waals surface area contributed by atoms with Crippen LogP contribution < -0.4 is 10.6 Å². The van der Waals surface area contributed by atoms with Crippen LogP contribution in [0.5, 0.6) is 0 Å². The van der Waals surface area contributed by atoms with E-state index in [1.165, 1.54) is 11.1 Å². The predicted octanol–water partition coefficient (Wildman–Crippen LogP) is 3.67. The Morgan fingerprint density at radius 1 is 1.00 bits per heavy atom. The average molecular weight is 424 g/mol. The first-order valence-corrected chi connectivity index (χ1v) is 10.6. The first-order chi connectivity index (χ1) is 15.0. The first-order valence-electron chi connectivity index (χ1n) is 10.6. The van der Waals surface area contributed by atoms with Crippen molar-refractivity contribution in [2.24, 2.45) is 0 Å². The van der Waals surface area contributed by atoms with E-state index in [1.807, 2.05) is 24.3 Å². The zero-order chi connectivity index (χ0) is 22.2. The van der Waals surface area contributed by atoms with Crippen molar-refractivity contribution < 1.29 is 24.2 Å². The highest BCUT2D eigenvalue weighted by atomic mass is 16.5. The number of unbranched alkanes of at least 4 members (excludes halogenated alkanes) is 1. The number of carbonyl (C=O) groups excluding carboxylic acids is 2. The van der Waals surface area contributed by atoms with Crippen molar-refractivity contribution in [3.8, 4) is 11.1 Å². The minimum Gasteiger partial charge on any atom is -0.480 e. The van der Waals surface area contributed by atoms with Crippen molar-refractivity contribution in [3.63, 3.8) is 0 Å². The monoisotopic (exact) mass is 424 g/mol. The molecule has 7 heteroatoms. The topological polar surface area (TPSA) is 105 Å². The molecular formula is C24H28N2O5. The van der Waals surface area contributed by atoms with Gasteiger partial charge in [0.2, 0.25) is 5.91 Å². The SMILES string of the molecule is CC[C@H](NC(=O)CCCCNC(=O)OCC1c2ccccc2-c2ccccc21)C(=O)O. The summed E-state index contributed by atoms with van der Waals surface area (Å²) in [6.45, 7) is 2.35. The van der Waals surface area contributed by atoms with Gasteiger partial charge in [-0.1, -0.05) is 55.5 Å². The molecule has 7 nitrogen and oxygen atoms in total. The summed E-state index contributed by atoms with van der Waals surface area (Å²) in [6, 6.07) is 15.5. The van der Waals surface area contributed by atoms with Gasteiger partial charge in [0.15, 0.2) is 0 Å². The van der Waals surface area contributed by atoms with Crippen LogP contribution in [-0.2, 0) is 14.3 Å². The van der Waals surface area contributed by atoms with Crippen LogP contribution in [-0.4, -0.2) is 42.3 Å². The Morgan fingerprint density at radius 3 is 2.19 bits per heavy atom. The molecule has 0 saturated carbocycles. The minimum absolute atomic E-state index is 0.0163. The number of amides is 2. The Morgan fingerprint density at radius 2 is 1.61 bits per heavy atom. The second kappa shape index (κ2) is 10.6. The number of benzene rings is 2. The highest BCUT2D eigenvalue weighted by molar-refractivity contribution is 5.83. The summed E-state index contributed by atoms with van der Waals surface area (Å²) in [4.78, 5) is 34.8. The van der Waals surface area contributed by atoms with Crippen LogP contribution in [0.2, 0.25) is 0 Å². The Balaban J connectivity index is 1.39. The zero-order valence-electron chi connectivity index (χ0n) is 17.6.